The zero-order valence-corrected chi connectivity index (χ0v) is 14.2. The van der Waals surface area contributed by atoms with Crippen molar-refractivity contribution in [2.45, 2.75) is 5.38 Å². The molecule has 0 radical (unpaired) electrons. The molecule has 0 aliphatic heterocycles. The number of hydrogen-bond donors (Lipinski definition) is 0. The number of hydrogen-bond acceptors (Lipinski definition) is 1. The molecule has 0 fully saturated rings. The van der Waals surface area contributed by atoms with Crippen molar-refractivity contribution < 1.29 is 0 Å². The van der Waals surface area contributed by atoms with E-state index >= 15 is 0 Å². The van der Waals surface area contributed by atoms with Crippen molar-refractivity contribution in [1.29, 1.82) is 0 Å². The molecule has 1 aromatic carbocycles. The topological polar surface area (TPSA) is 0 Å². The molecule has 5 heteroatoms. The molecule has 0 nitrogen and oxygen atoms in total. The highest BCUT2D eigenvalue weighted by Gasteiger charge is 2.16. The number of thiophene rings is 1. The van der Waals surface area contributed by atoms with Crippen LogP contribution in [0.1, 0.15) is 15.8 Å². The van der Waals surface area contributed by atoms with Crippen LogP contribution < -0.4 is 0 Å². The summed E-state index contributed by atoms with van der Waals surface area (Å²) in [7, 11) is 0. The van der Waals surface area contributed by atoms with Crippen LogP contribution in [0.15, 0.2) is 43.1 Å². The van der Waals surface area contributed by atoms with Crippen molar-refractivity contribution >= 4 is 70.7 Å². The molecular formula is C11H6Br3ClS. The largest absolute Gasteiger partial charge is 0.146 e. The van der Waals surface area contributed by atoms with E-state index in [0.717, 1.165) is 23.9 Å². The molecule has 1 aromatic heterocycles. The second-order valence-corrected chi connectivity index (χ2v) is 7.27. The van der Waals surface area contributed by atoms with E-state index in [1.54, 1.807) is 11.3 Å². The summed E-state index contributed by atoms with van der Waals surface area (Å²) in [6, 6.07) is 8.09. The van der Waals surface area contributed by atoms with Gasteiger partial charge in [-0.05, 0) is 51.1 Å². The molecule has 84 valence electrons. The van der Waals surface area contributed by atoms with Crippen LogP contribution in [0.4, 0.5) is 0 Å². The minimum Gasteiger partial charge on any atom is -0.146 e. The summed E-state index contributed by atoms with van der Waals surface area (Å²) in [5.74, 6) is 0. The van der Waals surface area contributed by atoms with Crippen molar-refractivity contribution in [3.63, 3.8) is 0 Å². The van der Waals surface area contributed by atoms with E-state index in [2.05, 4.69) is 47.8 Å². The van der Waals surface area contributed by atoms with Gasteiger partial charge in [-0.3, -0.25) is 0 Å². The van der Waals surface area contributed by atoms with E-state index < -0.39 is 0 Å². The van der Waals surface area contributed by atoms with Crippen molar-refractivity contribution in [1.82, 2.24) is 0 Å². The molecule has 1 atom stereocenters. The maximum Gasteiger partial charge on any atom is 0.0939 e. The monoisotopic (exact) mass is 442 g/mol. The molecule has 0 amide bonds. The van der Waals surface area contributed by atoms with Crippen molar-refractivity contribution in [3.8, 4) is 0 Å². The van der Waals surface area contributed by atoms with E-state index in [0.29, 0.717) is 0 Å². The van der Waals surface area contributed by atoms with Gasteiger partial charge in [0.1, 0.15) is 0 Å². The van der Waals surface area contributed by atoms with Gasteiger partial charge in [-0.2, -0.15) is 0 Å². The van der Waals surface area contributed by atoms with E-state index in [9.17, 15) is 0 Å². The summed E-state index contributed by atoms with van der Waals surface area (Å²) in [4.78, 5) is 1.13. The molecule has 2 aromatic rings. The van der Waals surface area contributed by atoms with Gasteiger partial charge in [-0.25, -0.2) is 0 Å². The molecule has 0 aliphatic rings. The van der Waals surface area contributed by atoms with Crippen LogP contribution in [0, 0.1) is 0 Å². The lowest BCUT2D eigenvalue weighted by Crippen LogP contribution is -1.91. The molecule has 0 bridgehead atoms. The van der Waals surface area contributed by atoms with E-state index in [-0.39, 0.29) is 5.38 Å². The first-order valence-electron chi connectivity index (χ1n) is 4.41. The maximum absolute atomic E-state index is 6.46. The first-order chi connectivity index (χ1) is 7.58. The van der Waals surface area contributed by atoms with Gasteiger partial charge in [0.15, 0.2) is 0 Å². The van der Waals surface area contributed by atoms with Crippen LogP contribution in [-0.4, -0.2) is 0 Å². The average Bonchev–Trinajstić information content (AvgIpc) is 2.62. The number of rotatable bonds is 2. The van der Waals surface area contributed by atoms with E-state index in [1.807, 2.05) is 29.6 Å². The Kier molecular flexibility index (Phi) is 4.52. The van der Waals surface area contributed by atoms with Crippen LogP contribution in [0.2, 0.25) is 0 Å². The average molecular weight is 445 g/mol. The summed E-state index contributed by atoms with van der Waals surface area (Å²) in [6.45, 7) is 0. The van der Waals surface area contributed by atoms with Crippen LogP contribution in [0.5, 0.6) is 0 Å². The van der Waals surface area contributed by atoms with Crippen LogP contribution in [0.3, 0.4) is 0 Å². The first-order valence-corrected chi connectivity index (χ1v) is 8.10. The highest BCUT2D eigenvalue weighted by molar-refractivity contribution is 9.11. The van der Waals surface area contributed by atoms with Gasteiger partial charge >= 0.3 is 0 Å². The lowest BCUT2D eigenvalue weighted by molar-refractivity contribution is 1.17. The minimum atomic E-state index is -0.122. The smallest absolute Gasteiger partial charge is 0.0939 e. The van der Waals surface area contributed by atoms with Gasteiger partial charge in [0.2, 0.25) is 0 Å². The predicted octanol–water partition coefficient (Wildman–Crippen LogP) is 6.36. The van der Waals surface area contributed by atoms with Gasteiger partial charge in [-0.1, -0.05) is 31.9 Å². The first kappa shape index (κ1) is 13.1. The fourth-order valence-electron chi connectivity index (χ4n) is 1.36. The highest BCUT2D eigenvalue weighted by Crippen LogP contribution is 2.39. The van der Waals surface area contributed by atoms with Gasteiger partial charge in [0.25, 0.3) is 0 Å². The molecule has 16 heavy (non-hydrogen) atoms. The minimum absolute atomic E-state index is 0.122. The normalized spacial score (nSPS) is 12.8. The standard InChI is InChI=1S/C11H6Br3ClS/c12-7-3-6(4-8(13)5-7)10(15)11-9(14)1-2-16-11/h1-5,10H. The molecular weight excluding hydrogens is 439 g/mol. The maximum atomic E-state index is 6.46. The molecule has 0 saturated carbocycles. The lowest BCUT2D eigenvalue weighted by atomic mass is 10.1. The zero-order chi connectivity index (χ0) is 11.7. The van der Waals surface area contributed by atoms with Crippen molar-refractivity contribution in [2.24, 2.45) is 0 Å². The van der Waals surface area contributed by atoms with Crippen molar-refractivity contribution in [3.05, 3.63) is 53.5 Å². The molecule has 2 rings (SSSR count). The third-order valence-corrected chi connectivity index (χ3v) is 5.50. The van der Waals surface area contributed by atoms with Crippen LogP contribution >= 0.6 is 70.7 Å². The fraction of sp³-hybridized carbons (Fsp3) is 0.0909. The molecule has 0 saturated heterocycles. The Morgan fingerprint density at radius 1 is 1.06 bits per heavy atom. The predicted molar refractivity (Wildman–Crippen MR) is 81.6 cm³/mol. The molecule has 1 heterocycles. The Morgan fingerprint density at radius 3 is 2.19 bits per heavy atom. The third kappa shape index (κ3) is 2.91. The second-order valence-electron chi connectivity index (χ2n) is 3.20. The quantitative estimate of drug-likeness (QED) is 0.472. The van der Waals surface area contributed by atoms with Gasteiger partial charge < -0.3 is 0 Å². The van der Waals surface area contributed by atoms with Gasteiger partial charge in [-0.15, -0.1) is 22.9 Å². The SMILES string of the molecule is ClC(c1cc(Br)cc(Br)c1)c1sccc1Br. The Morgan fingerprint density at radius 2 is 1.69 bits per heavy atom. The summed E-state index contributed by atoms with van der Waals surface area (Å²) in [5, 5.41) is 1.91. The molecule has 0 N–H and O–H groups in total. The number of benzene rings is 1. The number of alkyl halides is 1. The van der Waals surface area contributed by atoms with Gasteiger partial charge in [0.05, 0.1) is 5.38 Å². The van der Waals surface area contributed by atoms with E-state index in [4.69, 9.17) is 11.6 Å². The lowest BCUT2D eigenvalue weighted by Gasteiger charge is -2.10. The number of halogens is 4. The summed E-state index contributed by atoms with van der Waals surface area (Å²) in [6.07, 6.45) is 0. The Labute approximate surface area is 128 Å². The van der Waals surface area contributed by atoms with Crippen LogP contribution in [-0.2, 0) is 0 Å². The molecule has 1 unspecified atom stereocenters. The summed E-state index contributed by atoms with van der Waals surface area (Å²) in [5.41, 5.74) is 1.08. The Bertz CT molecular complexity index is 489. The van der Waals surface area contributed by atoms with Gasteiger partial charge in [0, 0.05) is 18.3 Å². The fourth-order valence-corrected chi connectivity index (χ4v) is 4.82. The molecule has 0 spiro atoms. The zero-order valence-electron chi connectivity index (χ0n) is 7.88. The third-order valence-electron chi connectivity index (χ3n) is 2.05. The summed E-state index contributed by atoms with van der Waals surface area (Å²) >= 11 is 18.6. The summed E-state index contributed by atoms with van der Waals surface area (Å²) < 4.78 is 3.11. The highest BCUT2D eigenvalue weighted by atomic mass is 79.9. The second kappa shape index (κ2) is 5.53. The van der Waals surface area contributed by atoms with E-state index in [1.165, 1.54) is 0 Å². The Balaban J connectivity index is 2.41. The molecule has 0 aliphatic carbocycles. The Hall–Kier alpha value is 0.650. The van der Waals surface area contributed by atoms with Crippen molar-refractivity contribution in [2.75, 3.05) is 0 Å². The van der Waals surface area contributed by atoms with Crippen LogP contribution in [0.25, 0.3) is 0 Å².